The lowest BCUT2D eigenvalue weighted by molar-refractivity contribution is -0.00799. The number of hydrogen-bond donors (Lipinski definition) is 2. The zero-order valence-electron chi connectivity index (χ0n) is 12.1. The Morgan fingerprint density at radius 3 is 3.09 bits per heavy atom. The fraction of sp³-hybridized carbons (Fsp3) is 0.400. The van der Waals surface area contributed by atoms with Gasteiger partial charge < -0.3 is 19.6 Å². The van der Waals surface area contributed by atoms with Crippen LogP contribution in [0.3, 0.4) is 0 Å². The quantitative estimate of drug-likeness (QED) is 0.878. The molecule has 1 fully saturated rings. The molecule has 1 aliphatic rings. The van der Waals surface area contributed by atoms with Crippen molar-refractivity contribution in [1.82, 2.24) is 19.9 Å². The van der Waals surface area contributed by atoms with E-state index in [0.29, 0.717) is 19.7 Å². The molecule has 3 heterocycles. The van der Waals surface area contributed by atoms with Crippen molar-refractivity contribution in [3.05, 3.63) is 52.5 Å². The third kappa shape index (κ3) is 3.43. The second-order valence-electron chi connectivity index (χ2n) is 5.30. The van der Waals surface area contributed by atoms with Crippen LogP contribution in [-0.2, 0) is 11.3 Å². The van der Waals surface area contributed by atoms with Crippen LogP contribution in [0, 0.1) is 0 Å². The van der Waals surface area contributed by atoms with Crippen LogP contribution in [0.4, 0.5) is 0 Å². The van der Waals surface area contributed by atoms with Crippen molar-refractivity contribution < 1.29 is 9.53 Å². The van der Waals surface area contributed by atoms with E-state index in [1.165, 1.54) is 6.20 Å². The summed E-state index contributed by atoms with van der Waals surface area (Å²) in [5.41, 5.74) is 0.791. The molecule has 3 rings (SSSR count). The van der Waals surface area contributed by atoms with Gasteiger partial charge in [0.05, 0.1) is 18.4 Å². The zero-order valence-corrected chi connectivity index (χ0v) is 12.1. The fourth-order valence-corrected chi connectivity index (χ4v) is 2.56. The Morgan fingerprint density at radius 2 is 2.36 bits per heavy atom. The average Bonchev–Trinajstić information content (AvgIpc) is 3.00. The highest BCUT2D eigenvalue weighted by Gasteiger charge is 2.25. The number of imidazole rings is 1. The summed E-state index contributed by atoms with van der Waals surface area (Å²) >= 11 is 0. The minimum atomic E-state index is -0.372. The SMILES string of the molecule is O=C(c1c[nH]c(=O)[nH]1)N1CCC[C@@H](OCc2ccccn2)C1. The predicted molar refractivity (Wildman–Crippen MR) is 79.4 cm³/mol. The van der Waals surface area contributed by atoms with Gasteiger partial charge in [-0.25, -0.2) is 4.79 Å². The minimum absolute atomic E-state index is 0.00892. The van der Waals surface area contributed by atoms with Gasteiger partial charge in [0.2, 0.25) is 0 Å². The number of piperidine rings is 1. The molecule has 1 aliphatic heterocycles. The summed E-state index contributed by atoms with van der Waals surface area (Å²) in [6, 6.07) is 5.70. The van der Waals surface area contributed by atoms with E-state index < -0.39 is 0 Å². The summed E-state index contributed by atoms with van der Waals surface area (Å²) in [6.45, 7) is 1.64. The predicted octanol–water partition coefficient (Wildman–Crippen LogP) is 0.919. The Hall–Kier alpha value is -2.41. The molecule has 0 saturated carbocycles. The van der Waals surface area contributed by atoms with E-state index in [0.717, 1.165) is 18.5 Å². The van der Waals surface area contributed by atoms with Gasteiger partial charge in [0.15, 0.2) is 0 Å². The van der Waals surface area contributed by atoms with Crippen molar-refractivity contribution in [2.75, 3.05) is 13.1 Å². The number of carbonyl (C=O) groups is 1. The van der Waals surface area contributed by atoms with Gasteiger partial charge in [-0.1, -0.05) is 6.07 Å². The highest BCUT2D eigenvalue weighted by atomic mass is 16.5. The molecule has 1 atom stereocenters. The lowest BCUT2D eigenvalue weighted by Crippen LogP contribution is -2.43. The van der Waals surface area contributed by atoms with Crippen LogP contribution in [0.5, 0.6) is 0 Å². The van der Waals surface area contributed by atoms with Crippen LogP contribution in [0.25, 0.3) is 0 Å². The molecule has 1 saturated heterocycles. The lowest BCUT2D eigenvalue weighted by Gasteiger charge is -2.32. The van der Waals surface area contributed by atoms with Crippen LogP contribution in [0.15, 0.2) is 35.4 Å². The van der Waals surface area contributed by atoms with E-state index in [2.05, 4.69) is 15.0 Å². The maximum atomic E-state index is 12.3. The van der Waals surface area contributed by atoms with Gasteiger partial charge in [-0.3, -0.25) is 9.78 Å². The summed E-state index contributed by atoms with van der Waals surface area (Å²) in [5, 5.41) is 0. The molecule has 0 unspecified atom stereocenters. The first-order valence-electron chi connectivity index (χ1n) is 7.31. The fourth-order valence-electron chi connectivity index (χ4n) is 2.56. The Kier molecular flexibility index (Phi) is 4.34. The second-order valence-corrected chi connectivity index (χ2v) is 5.30. The Bertz CT molecular complexity index is 679. The number of aromatic amines is 2. The van der Waals surface area contributed by atoms with Crippen molar-refractivity contribution in [2.45, 2.75) is 25.6 Å². The third-order valence-electron chi connectivity index (χ3n) is 3.68. The number of amides is 1. The molecule has 1 amide bonds. The number of likely N-dealkylation sites (tertiary alicyclic amines) is 1. The minimum Gasteiger partial charge on any atom is -0.370 e. The van der Waals surface area contributed by atoms with Gasteiger partial charge in [-0.05, 0) is 25.0 Å². The first kappa shape index (κ1) is 14.5. The highest BCUT2D eigenvalue weighted by Crippen LogP contribution is 2.16. The van der Waals surface area contributed by atoms with Crippen molar-refractivity contribution >= 4 is 5.91 Å². The van der Waals surface area contributed by atoms with Crippen molar-refractivity contribution in [2.24, 2.45) is 0 Å². The normalized spacial score (nSPS) is 18.4. The van der Waals surface area contributed by atoms with E-state index in [-0.39, 0.29) is 23.4 Å². The van der Waals surface area contributed by atoms with E-state index in [1.807, 2.05) is 18.2 Å². The number of aromatic nitrogens is 3. The van der Waals surface area contributed by atoms with Gasteiger partial charge in [-0.15, -0.1) is 0 Å². The van der Waals surface area contributed by atoms with Crippen LogP contribution in [0.2, 0.25) is 0 Å². The molecule has 0 aromatic carbocycles. The maximum Gasteiger partial charge on any atom is 0.323 e. The van der Waals surface area contributed by atoms with Gasteiger partial charge in [-0.2, -0.15) is 0 Å². The molecular weight excluding hydrogens is 284 g/mol. The number of H-pyrrole nitrogens is 2. The summed E-state index contributed by atoms with van der Waals surface area (Å²) in [6.07, 6.45) is 4.93. The standard InChI is InChI=1S/C15H18N4O3/c20-14(13-8-17-15(21)18-13)19-7-3-5-12(9-19)22-10-11-4-1-2-6-16-11/h1-2,4,6,8,12H,3,5,7,9-10H2,(H2,17,18,21)/t12-/m1/s1. The van der Waals surface area contributed by atoms with Crippen LogP contribution < -0.4 is 5.69 Å². The van der Waals surface area contributed by atoms with Gasteiger partial charge in [0, 0.05) is 25.5 Å². The molecular formula is C15H18N4O3. The van der Waals surface area contributed by atoms with Crippen molar-refractivity contribution in [1.29, 1.82) is 0 Å². The zero-order chi connectivity index (χ0) is 15.4. The summed E-state index contributed by atoms with van der Waals surface area (Å²) in [7, 11) is 0. The molecule has 7 heteroatoms. The molecule has 0 spiro atoms. The number of rotatable bonds is 4. The molecule has 7 nitrogen and oxygen atoms in total. The topological polar surface area (TPSA) is 91.1 Å². The van der Waals surface area contributed by atoms with Crippen molar-refractivity contribution in [3.63, 3.8) is 0 Å². The lowest BCUT2D eigenvalue weighted by atomic mass is 10.1. The van der Waals surface area contributed by atoms with Crippen LogP contribution >= 0.6 is 0 Å². The molecule has 2 aromatic heterocycles. The van der Waals surface area contributed by atoms with Gasteiger partial charge in [0.1, 0.15) is 5.69 Å². The number of hydrogen-bond acceptors (Lipinski definition) is 4. The summed E-state index contributed by atoms with van der Waals surface area (Å²) in [4.78, 5) is 34.3. The number of nitrogens with one attached hydrogen (secondary N) is 2. The molecule has 2 aromatic rings. The number of carbonyl (C=O) groups excluding carboxylic acids is 1. The van der Waals surface area contributed by atoms with Crippen LogP contribution in [0.1, 0.15) is 29.0 Å². The first-order valence-corrected chi connectivity index (χ1v) is 7.31. The molecule has 0 aliphatic carbocycles. The van der Waals surface area contributed by atoms with E-state index in [9.17, 15) is 9.59 Å². The molecule has 116 valence electrons. The van der Waals surface area contributed by atoms with E-state index in [1.54, 1.807) is 11.1 Å². The van der Waals surface area contributed by atoms with Gasteiger partial charge in [0.25, 0.3) is 5.91 Å². The smallest absolute Gasteiger partial charge is 0.323 e. The summed E-state index contributed by atoms with van der Waals surface area (Å²) < 4.78 is 5.85. The van der Waals surface area contributed by atoms with E-state index >= 15 is 0 Å². The average molecular weight is 302 g/mol. The number of ether oxygens (including phenoxy) is 1. The molecule has 22 heavy (non-hydrogen) atoms. The molecule has 2 N–H and O–H groups in total. The highest BCUT2D eigenvalue weighted by molar-refractivity contribution is 5.92. The third-order valence-corrected chi connectivity index (χ3v) is 3.68. The number of pyridine rings is 1. The van der Waals surface area contributed by atoms with Gasteiger partial charge >= 0.3 is 5.69 Å². The monoisotopic (exact) mass is 302 g/mol. The second kappa shape index (κ2) is 6.57. The largest absolute Gasteiger partial charge is 0.370 e. The maximum absolute atomic E-state index is 12.3. The van der Waals surface area contributed by atoms with Crippen LogP contribution in [-0.4, -0.2) is 45.0 Å². The summed E-state index contributed by atoms with van der Waals surface area (Å²) in [5.74, 6) is -0.176. The number of nitrogens with zero attached hydrogens (tertiary/aromatic N) is 2. The van der Waals surface area contributed by atoms with Crippen molar-refractivity contribution in [3.8, 4) is 0 Å². The first-order chi connectivity index (χ1) is 10.7. The Morgan fingerprint density at radius 1 is 1.45 bits per heavy atom. The molecule has 0 bridgehead atoms. The Labute approximate surface area is 127 Å². The van der Waals surface area contributed by atoms with E-state index in [4.69, 9.17) is 4.74 Å². The Balaban J connectivity index is 1.57. The molecule has 0 radical (unpaired) electrons.